The molecule has 1 amide bonds. The topological polar surface area (TPSA) is 35.6 Å². The van der Waals surface area contributed by atoms with Crippen molar-refractivity contribution in [2.45, 2.75) is 50.7 Å². The second-order valence-corrected chi connectivity index (χ2v) is 7.83. The van der Waals surface area contributed by atoms with Crippen LogP contribution in [0.4, 0.5) is 4.39 Å². The van der Waals surface area contributed by atoms with E-state index < -0.39 is 0 Å². The predicted molar refractivity (Wildman–Crippen MR) is 95.5 cm³/mol. The Labute approximate surface area is 149 Å². The summed E-state index contributed by atoms with van der Waals surface area (Å²) in [5, 5.41) is 3.47. The van der Waals surface area contributed by atoms with Gasteiger partial charge in [0, 0.05) is 31.7 Å². The molecule has 3 aliphatic heterocycles. The van der Waals surface area contributed by atoms with Crippen molar-refractivity contribution in [1.82, 2.24) is 15.1 Å². The molecule has 4 rings (SSSR count). The molecular formula is C20H28FN3O. The van der Waals surface area contributed by atoms with Gasteiger partial charge >= 0.3 is 0 Å². The SMILES string of the molecule is O=C(C1CCCN(Cc2cccc(F)c2)C1)N1C2CCNCC1CC2. The van der Waals surface area contributed by atoms with Gasteiger partial charge in [0.2, 0.25) is 5.91 Å². The van der Waals surface area contributed by atoms with Crippen molar-refractivity contribution in [2.24, 2.45) is 5.92 Å². The van der Waals surface area contributed by atoms with Gasteiger partial charge in [-0.25, -0.2) is 4.39 Å². The zero-order valence-corrected chi connectivity index (χ0v) is 14.8. The molecule has 3 saturated heterocycles. The molecule has 136 valence electrons. The Balaban J connectivity index is 1.41. The Morgan fingerprint density at radius 2 is 2.08 bits per heavy atom. The molecule has 0 radical (unpaired) electrons. The van der Waals surface area contributed by atoms with Crippen LogP contribution < -0.4 is 5.32 Å². The summed E-state index contributed by atoms with van der Waals surface area (Å²) >= 11 is 0. The normalized spacial score (nSPS) is 30.3. The Morgan fingerprint density at radius 3 is 2.96 bits per heavy atom. The third kappa shape index (κ3) is 3.72. The number of likely N-dealkylation sites (tertiary alicyclic amines) is 1. The average molecular weight is 345 g/mol. The molecule has 5 heteroatoms. The molecular weight excluding hydrogens is 317 g/mol. The lowest BCUT2D eigenvalue weighted by atomic mass is 9.95. The van der Waals surface area contributed by atoms with Crippen molar-refractivity contribution < 1.29 is 9.18 Å². The van der Waals surface area contributed by atoms with Gasteiger partial charge in [0.1, 0.15) is 5.82 Å². The fourth-order valence-corrected chi connectivity index (χ4v) is 4.85. The van der Waals surface area contributed by atoms with Crippen LogP contribution in [-0.4, -0.2) is 54.0 Å². The van der Waals surface area contributed by atoms with E-state index in [0.29, 0.717) is 18.0 Å². The molecule has 0 aliphatic carbocycles. The predicted octanol–water partition coefficient (Wildman–Crippen LogP) is 2.39. The van der Waals surface area contributed by atoms with Crippen LogP contribution in [0.25, 0.3) is 0 Å². The minimum absolute atomic E-state index is 0.100. The first-order valence-electron chi connectivity index (χ1n) is 9.70. The molecule has 1 aromatic carbocycles. The Bertz CT molecular complexity index is 609. The van der Waals surface area contributed by atoms with Gasteiger partial charge in [-0.1, -0.05) is 12.1 Å². The first-order valence-corrected chi connectivity index (χ1v) is 9.70. The highest BCUT2D eigenvalue weighted by Crippen LogP contribution is 2.31. The van der Waals surface area contributed by atoms with Gasteiger partial charge < -0.3 is 10.2 Å². The first kappa shape index (κ1) is 17.0. The molecule has 0 saturated carbocycles. The standard InChI is InChI=1S/C20H28FN3O/c21-17-5-1-3-15(11-17)13-23-10-2-4-16(14-23)20(25)24-18-6-7-19(24)12-22-9-8-18/h1,3,5,11,16,18-19,22H,2,4,6-10,12-14H2. The van der Waals surface area contributed by atoms with E-state index in [2.05, 4.69) is 15.1 Å². The van der Waals surface area contributed by atoms with Crippen LogP contribution in [0.5, 0.6) is 0 Å². The van der Waals surface area contributed by atoms with E-state index in [0.717, 1.165) is 70.4 Å². The van der Waals surface area contributed by atoms with Crippen molar-refractivity contribution >= 4 is 5.91 Å². The van der Waals surface area contributed by atoms with Crippen LogP contribution >= 0.6 is 0 Å². The summed E-state index contributed by atoms with van der Waals surface area (Å²) in [6.07, 6.45) is 5.43. The third-order valence-corrected chi connectivity index (χ3v) is 6.06. The van der Waals surface area contributed by atoms with Crippen LogP contribution in [0.15, 0.2) is 24.3 Å². The first-order chi connectivity index (χ1) is 12.2. The summed E-state index contributed by atoms with van der Waals surface area (Å²) in [6, 6.07) is 7.64. The van der Waals surface area contributed by atoms with E-state index in [-0.39, 0.29) is 11.7 Å². The molecule has 1 aromatic rings. The van der Waals surface area contributed by atoms with Gasteiger partial charge in [0.15, 0.2) is 0 Å². The van der Waals surface area contributed by atoms with Gasteiger partial charge in [-0.15, -0.1) is 0 Å². The Morgan fingerprint density at radius 1 is 1.20 bits per heavy atom. The lowest BCUT2D eigenvalue weighted by molar-refractivity contribution is -0.140. The number of hydrogen-bond acceptors (Lipinski definition) is 3. The molecule has 3 aliphatic rings. The monoisotopic (exact) mass is 345 g/mol. The summed E-state index contributed by atoms with van der Waals surface area (Å²) in [5.74, 6) is 0.277. The van der Waals surface area contributed by atoms with E-state index in [9.17, 15) is 9.18 Å². The summed E-state index contributed by atoms with van der Waals surface area (Å²) < 4.78 is 13.4. The summed E-state index contributed by atoms with van der Waals surface area (Å²) in [4.78, 5) is 17.8. The van der Waals surface area contributed by atoms with Crippen LogP contribution in [0.2, 0.25) is 0 Å². The molecule has 25 heavy (non-hydrogen) atoms. The maximum absolute atomic E-state index is 13.4. The van der Waals surface area contributed by atoms with E-state index in [4.69, 9.17) is 0 Å². The van der Waals surface area contributed by atoms with Gasteiger partial charge in [-0.3, -0.25) is 9.69 Å². The number of benzene rings is 1. The fraction of sp³-hybridized carbons (Fsp3) is 0.650. The van der Waals surface area contributed by atoms with E-state index in [1.54, 1.807) is 12.1 Å². The van der Waals surface area contributed by atoms with Crippen molar-refractivity contribution in [2.75, 3.05) is 26.2 Å². The fourth-order valence-electron chi connectivity index (χ4n) is 4.85. The molecule has 4 nitrogen and oxygen atoms in total. The number of nitrogens with one attached hydrogen (secondary N) is 1. The van der Waals surface area contributed by atoms with Crippen molar-refractivity contribution in [3.8, 4) is 0 Å². The molecule has 3 unspecified atom stereocenters. The van der Waals surface area contributed by atoms with Gasteiger partial charge in [-0.05, 0) is 62.9 Å². The van der Waals surface area contributed by atoms with Crippen LogP contribution in [0.3, 0.4) is 0 Å². The number of fused-ring (bicyclic) bond motifs is 2. The van der Waals surface area contributed by atoms with Crippen LogP contribution in [0, 0.1) is 11.7 Å². The minimum Gasteiger partial charge on any atom is -0.335 e. The minimum atomic E-state index is -0.184. The molecule has 3 atom stereocenters. The molecule has 3 heterocycles. The Hall–Kier alpha value is -1.46. The maximum atomic E-state index is 13.4. The zero-order chi connectivity index (χ0) is 17.2. The van der Waals surface area contributed by atoms with Crippen molar-refractivity contribution in [1.29, 1.82) is 0 Å². The quantitative estimate of drug-likeness (QED) is 0.914. The highest BCUT2D eigenvalue weighted by Gasteiger charge is 2.41. The van der Waals surface area contributed by atoms with Crippen LogP contribution in [-0.2, 0) is 11.3 Å². The van der Waals surface area contributed by atoms with E-state index >= 15 is 0 Å². The number of rotatable bonds is 3. The summed E-state index contributed by atoms with van der Waals surface area (Å²) in [6.45, 7) is 4.51. The van der Waals surface area contributed by atoms with Crippen molar-refractivity contribution in [3.05, 3.63) is 35.6 Å². The summed E-state index contributed by atoms with van der Waals surface area (Å²) in [7, 11) is 0. The Kier molecular flexibility index (Phi) is 5.04. The number of carbonyl (C=O) groups is 1. The van der Waals surface area contributed by atoms with Gasteiger partial charge in [0.25, 0.3) is 0 Å². The second kappa shape index (κ2) is 7.42. The van der Waals surface area contributed by atoms with Crippen LogP contribution in [0.1, 0.15) is 37.7 Å². The number of piperidine rings is 1. The lowest BCUT2D eigenvalue weighted by Gasteiger charge is -2.37. The lowest BCUT2D eigenvalue weighted by Crippen LogP contribution is -2.49. The maximum Gasteiger partial charge on any atom is 0.227 e. The van der Waals surface area contributed by atoms with Gasteiger partial charge in [-0.2, -0.15) is 0 Å². The molecule has 2 bridgehead atoms. The van der Waals surface area contributed by atoms with Crippen molar-refractivity contribution in [3.63, 3.8) is 0 Å². The number of hydrogen-bond donors (Lipinski definition) is 1. The van der Waals surface area contributed by atoms with Gasteiger partial charge in [0.05, 0.1) is 5.92 Å². The zero-order valence-electron chi connectivity index (χ0n) is 14.8. The number of carbonyl (C=O) groups excluding carboxylic acids is 1. The highest BCUT2D eigenvalue weighted by molar-refractivity contribution is 5.80. The molecule has 0 aromatic heterocycles. The third-order valence-electron chi connectivity index (χ3n) is 6.06. The largest absolute Gasteiger partial charge is 0.335 e. The second-order valence-electron chi connectivity index (χ2n) is 7.83. The molecule has 0 spiro atoms. The number of nitrogens with zero attached hydrogens (tertiary/aromatic N) is 2. The smallest absolute Gasteiger partial charge is 0.227 e. The highest BCUT2D eigenvalue weighted by atomic mass is 19.1. The average Bonchev–Trinajstić information content (AvgIpc) is 2.87. The van der Waals surface area contributed by atoms with E-state index in [1.165, 1.54) is 6.07 Å². The number of halogens is 1. The molecule has 3 fully saturated rings. The molecule has 1 N–H and O–H groups in total. The summed E-state index contributed by atoms with van der Waals surface area (Å²) in [5.41, 5.74) is 0.993. The van der Waals surface area contributed by atoms with E-state index in [1.807, 2.05) is 6.07 Å². The number of amides is 1.